The summed E-state index contributed by atoms with van der Waals surface area (Å²) in [5.74, 6) is 0.385. The number of hydrogen-bond acceptors (Lipinski definition) is 5. The molecule has 1 saturated heterocycles. The molecule has 110 valence electrons. The van der Waals surface area contributed by atoms with Crippen LogP contribution in [0.25, 0.3) is 0 Å². The number of allylic oxidation sites excluding steroid dienone is 2. The molecule has 0 N–H and O–H groups in total. The topological polar surface area (TPSA) is 64.7 Å². The maximum Gasteiger partial charge on any atom is 0.286 e. The first-order chi connectivity index (χ1) is 9.63. The van der Waals surface area contributed by atoms with Crippen LogP contribution in [0.5, 0.6) is 0 Å². The van der Waals surface area contributed by atoms with Crippen molar-refractivity contribution < 1.29 is 9.66 Å². The molecular formula is C14H20N2O3S. The van der Waals surface area contributed by atoms with Crippen molar-refractivity contribution in [2.24, 2.45) is 10.9 Å². The van der Waals surface area contributed by atoms with Gasteiger partial charge < -0.3 is 4.74 Å². The predicted molar refractivity (Wildman–Crippen MR) is 81.7 cm³/mol. The van der Waals surface area contributed by atoms with E-state index in [-0.39, 0.29) is 10.6 Å². The Morgan fingerprint density at radius 2 is 2.45 bits per heavy atom. The van der Waals surface area contributed by atoms with Crippen LogP contribution >= 0.6 is 11.8 Å². The predicted octanol–water partition coefficient (Wildman–Crippen LogP) is 3.05. The van der Waals surface area contributed by atoms with Crippen molar-refractivity contribution in [3.63, 3.8) is 0 Å². The molecule has 0 amide bonds. The van der Waals surface area contributed by atoms with Gasteiger partial charge in [0.05, 0.1) is 9.83 Å². The Labute approximate surface area is 123 Å². The molecule has 2 atom stereocenters. The molecule has 0 aliphatic carbocycles. The van der Waals surface area contributed by atoms with E-state index < -0.39 is 5.54 Å². The minimum atomic E-state index is -0.790. The second kappa shape index (κ2) is 6.54. The number of thioether (sulfide) groups is 1. The Hall–Kier alpha value is -1.14. The molecular weight excluding hydrogens is 276 g/mol. The molecule has 2 rings (SSSR count). The highest BCUT2D eigenvalue weighted by atomic mass is 32.2. The Morgan fingerprint density at radius 1 is 1.65 bits per heavy atom. The van der Waals surface area contributed by atoms with Crippen LogP contribution in [-0.2, 0) is 4.74 Å². The summed E-state index contributed by atoms with van der Waals surface area (Å²) in [6.07, 6.45) is 9.48. The zero-order valence-electron chi connectivity index (χ0n) is 11.9. The smallest absolute Gasteiger partial charge is 0.286 e. The van der Waals surface area contributed by atoms with Gasteiger partial charge in [0.25, 0.3) is 5.70 Å². The third-order valence-corrected chi connectivity index (χ3v) is 4.76. The third-order valence-electron chi connectivity index (χ3n) is 3.90. The summed E-state index contributed by atoms with van der Waals surface area (Å²) >= 11 is 1.47. The van der Waals surface area contributed by atoms with Gasteiger partial charge in [0.1, 0.15) is 0 Å². The van der Waals surface area contributed by atoms with Gasteiger partial charge in [-0.05, 0) is 43.6 Å². The lowest BCUT2D eigenvalue weighted by Gasteiger charge is -2.22. The molecule has 2 heterocycles. The van der Waals surface area contributed by atoms with Crippen LogP contribution < -0.4 is 0 Å². The van der Waals surface area contributed by atoms with Crippen LogP contribution in [0.15, 0.2) is 27.7 Å². The molecule has 1 fully saturated rings. The van der Waals surface area contributed by atoms with Gasteiger partial charge >= 0.3 is 0 Å². The van der Waals surface area contributed by atoms with E-state index in [1.54, 1.807) is 12.3 Å². The van der Waals surface area contributed by atoms with Gasteiger partial charge in [-0.1, -0.05) is 6.92 Å². The molecule has 0 aromatic heterocycles. The van der Waals surface area contributed by atoms with E-state index in [9.17, 15) is 10.1 Å². The van der Waals surface area contributed by atoms with E-state index in [4.69, 9.17) is 4.74 Å². The van der Waals surface area contributed by atoms with E-state index in [0.29, 0.717) is 25.4 Å². The van der Waals surface area contributed by atoms with Gasteiger partial charge in [0.2, 0.25) is 0 Å². The molecule has 0 aromatic rings. The average Bonchev–Trinajstić information content (AvgIpc) is 3.09. The summed E-state index contributed by atoms with van der Waals surface area (Å²) in [6, 6.07) is 0. The lowest BCUT2D eigenvalue weighted by molar-refractivity contribution is -0.433. The summed E-state index contributed by atoms with van der Waals surface area (Å²) in [6.45, 7) is 3.40. The highest BCUT2D eigenvalue weighted by Gasteiger charge is 2.42. The SMILES string of the molecule is CCC1(C(=C(CC2CCOC2)SC)[N+](=O)[O-])C=CC=N1. The lowest BCUT2D eigenvalue weighted by Crippen LogP contribution is -2.30. The first-order valence-corrected chi connectivity index (χ1v) is 8.08. The van der Waals surface area contributed by atoms with E-state index in [2.05, 4.69) is 4.99 Å². The van der Waals surface area contributed by atoms with Gasteiger partial charge in [0, 0.05) is 19.4 Å². The first kappa shape index (κ1) is 15.3. The Balaban J connectivity index is 2.36. The summed E-state index contributed by atoms with van der Waals surface area (Å²) in [5, 5.41) is 11.6. The van der Waals surface area contributed by atoms with Crippen molar-refractivity contribution in [3.05, 3.63) is 32.9 Å². The molecule has 6 heteroatoms. The fourth-order valence-corrected chi connectivity index (χ4v) is 3.57. The molecule has 2 aliphatic rings. The lowest BCUT2D eigenvalue weighted by atomic mass is 9.91. The monoisotopic (exact) mass is 296 g/mol. The number of hydrogen-bond donors (Lipinski definition) is 0. The van der Waals surface area contributed by atoms with E-state index in [0.717, 1.165) is 17.9 Å². The Morgan fingerprint density at radius 3 is 2.90 bits per heavy atom. The minimum Gasteiger partial charge on any atom is -0.381 e. The molecule has 2 aliphatic heterocycles. The van der Waals surface area contributed by atoms with Crippen molar-refractivity contribution in [3.8, 4) is 0 Å². The summed E-state index contributed by atoms with van der Waals surface area (Å²) in [5.41, 5.74) is -0.550. The normalized spacial score (nSPS) is 29.8. The maximum atomic E-state index is 11.6. The van der Waals surface area contributed by atoms with Gasteiger partial charge in [-0.15, -0.1) is 11.8 Å². The van der Waals surface area contributed by atoms with E-state index >= 15 is 0 Å². The molecule has 2 unspecified atom stereocenters. The minimum absolute atomic E-state index is 0.240. The van der Waals surface area contributed by atoms with Crippen LogP contribution in [0.3, 0.4) is 0 Å². The van der Waals surface area contributed by atoms with Gasteiger partial charge in [0.15, 0.2) is 5.54 Å². The van der Waals surface area contributed by atoms with Crippen LogP contribution in [0.2, 0.25) is 0 Å². The van der Waals surface area contributed by atoms with Crippen LogP contribution in [-0.4, -0.2) is 36.1 Å². The highest BCUT2D eigenvalue weighted by Crippen LogP contribution is 2.38. The standard InChI is InChI=1S/C14H20N2O3S/c1-3-14(6-4-7-15-14)13(16(17)18)12(20-2)9-11-5-8-19-10-11/h4,6-7,11H,3,5,8-10H2,1-2H3. The fourth-order valence-electron chi connectivity index (χ4n) is 2.72. The third kappa shape index (κ3) is 2.96. The fraction of sp³-hybridized carbons (Fsp3) is 0.643. The molecule has 0 aromatic carbocycles. The second-order valence-corrected chi connectivity index (χ2v) is 5.98. The van der Waals surface area contributed by atoms with E-state index in [1.165, 1.54) is 11.8 Å². The average molecular weight is 296 g/mol. The molecule has 0 saturated carbocycles. The quantitative estimate of drug-likeness (QED) is 0.558. The first-order valence-electron chi connectivity index (χ1n) is 6.85. The van der Waals surface area contributed by atoms with Crippen molar-refractivity contribution in [2.75, 3.05) is 19.5 Å². The molecule has 0 bridgehead atoms. The number of rotatable bonds is 6. The zero-order valence-corrected chi connectivity index (χ0v) is 12.7. The summed E-state index contributed by atoms with van der Waals surface area (Å²) in [7, 11) is 0. The van der Waals surface area contributed by atoms with Crippen LogP contribution in [0.1, 0.15) is 26.2 Å². The van der Waals surface area contributed by atoms with Gasteiger partial charge in [-0.2, -0.15) is 0 Å². The summed E-state index contributed by atoms with van der Waals surface area (Å²) < 4.78 is 5.37. The Bertz CT molecular complexity index is 453. The van der Waals surface area contributed by atoms with Crippen LogP contribution in [0, 0.1) is 16.0 Å². The zero-order chi connectivity index (χ0) is 14.6. The maximum absolute atomic E-state index is 11.6. The van der Waals surface area contributed by atoms with Gasteiger partial charge in [-0.25, -0.2) is 0 Å². The molecule has 20 heavy (non-hydrogen) atoms. The van der Waals surface area contributed by atoms with Gasteiger partial charge in [-0.3, -0.25) is 15.1 Å². The van der Waals surface area contributed by atoms with Crippen molar-refractivity contribution in [1.29, 1.82) is 0 Å². The molecule has 5 nitrogen and oxygen atoms in total. The number of nitro groups is 1. The van der Waals surface area contributed by atoms with Crippen molar-refractivity contribution >= 4 is 18.0 Å². The number of aliphatic imine (C=N–C) groups is 1. The van der Waals surface area contributed by atoms with Crippen LogP contribution in [0.4, 0.5) is 0 Å². The highest BCUT2D eigenvalue weighted by molar-refractivity contribution is 8.02. The molecule has 0 spiro atoms. The molecule has 0 radical (unpaired) electrons. The van der Waals surface area contributed by atoms with E-state index in [1.807, 2.05) is 19.3 Å². The Kier molecular flexibility index (Phi) is 4.99. The number of nitrogens with zero attached hydrogens (tertiary/aromatic N) is 2. The second-order valence-electron chi connectivity index (χ2n) is 5.08. The number of ether oxygens (including phenoxy) is 1. The largest absolute Gasteiger partial charge is 0.381 e. The van der Waals surface area contributed by atoms with Crippen molar-refractivity contribution in [2.45, 2.75) is 31.7 Å². The summed E-state index contributed by atoms with van der Waals surface area (Å²) in [4.78, 5) is 16.6. The van der Waals surface area contributed by atoms with Crippen molar-refractivity contribution in [1.82, 2.24) is 0 Å².